The molecule has 0 aliphatic heterocycles. The fraction of sp³-hybridized carbons (Fsp3) is 0.235. The van der Waals surface area contributed by atoms with E-state index in [-0.39, 0.29) is 0 Å². The Hall–Kier alpha value is -1.89. The molecule has 0 fully saturated rings. The molecule has 94 valence electrons. The van der Waals surface area contributed by atoms with E-state index in [1.807, 2.05) is 37.3 Å². The average molecular weight is 239 g/mol. The predicted molar refractivity (Wildman–Crippen MR) is 80.2 cm³/mol. The Morgan fingerprint density at radius 1 is 1.11 bits per heavy atom. The summed E-state index contributed by atoms with van der Waals surface area (Å²) in [5.74, 6) is 0. The van der Waals surface area contributed by atoms with E-state index >= 15 is 0 Å². The van der Waals surface area contributed by atoms with Crippen LogP contribution in [0.1, 0.15) is 32.8 Å². The maximum Gasteiger partial charge on any atom is 0.0429 e. The van der Waals surface area contributed by atoms with Crippen molar-refractivity contribution in [1.82, 2.24) is 0 Å². The van der Waals surface area contributed by atoms with E-state index in [1.54, 1.807) is 0 Å². The minimum Gasteiger partial charge on any atom is -0.304 e. The van der Waals surface area contributed by atoms with Crippen molar-refractivity contribution < 1.29 is 0 Å². The van der Waals surface area contributed by atoms with Gasteiger partial charge in [0.05, 0.1) is 0 Å². The van der Waals surface area contributed by atoms with Crippen LogP contribution in [0.4, 0.5) is 0 Å². The molecule has 0 amide bonds. The number of hydrogen-bond donors (Lipinski definition) is 1. The Kier molecular flexibility index (Phi) is 5.31. The van der Waals surface area contributed by atoms with E-state index in [0.29, 0.717) is 12.1 Å². The Morgan fingerprint density at radius 3 is 2.28 bits per heavy atom. The van der Waals surface area contributed by atoms with Gasteiger partial charge >= 0.3 is 0 Å². The molecule has 0 bridgehead atoms. The summed E-state index contributed by atoms with van der Waals surface area (Å²) in [6, 6.07) is 9.80. The van der Waals surface area contributed by atoms with E-state index < -0.39 is 0 Å². The van der Waals surface area contributed by atoms with Gasteiger partial charge in [0.15, 0.2) is 0 Å². The van der Waals surface area contributed by atoms with Crippen LogP contribution in [-0.4, -0.2) is 5.71 Å². The molecular weight excluding hydrogens is 218 g/mol. The summed E-state index contributed by atoms with van der Waals surface area (Å²) in [7, 11) is 0. The molecule has 0 radical (unpaired) electrons. The van der Waals surface area contributed by atoms with E-state index in [9.17, 15) is 0 Å². The lowest BCUT2D eigenvalue weighted by Gasteiger charge is -2.07. The SMILES string of the molecule is C=C(CC(=N)c1ccccc1)/C(C)=C/C=C(C)C. The number of rotatable bonds is 5. The van der Waals surface area contributed by atoms with Crippen LogP contribution < -0.4 is 0 Å². The third kappa shape index (κ3) is 4.54. The number of hydrogen-bond acceptors (Lipinski definition) is 1. The van der Waals surface area contributed by atoms with Crippen molar-refractivity contribution in [2.45, 2.75) is 27.2 Å². The van der Waals surface area contributed by atoms with Gasteiger partial charge in [0, 0.05) is 12.1 Å². The molecule has 1 aromatic carbocycles. The van der Waals surface area contributed by atoms with Gasteiger partial charge in [0.2, 0.25) is 0 Å². The molecule has 0 spiro atoms. The fourth-order valence-corrected chi connectivity index (χ4v) is 1.50. The normalized spacial score (nSPS) is 10.9. The van der Waals surface area contributed by atoms with Gasteiger partial charge in [0.25, 0.3) is 0 Å². The molecule has 0 atom stereocenters. The molecule has 0 aliphatic carbocycles. The molecule has 1 heteroatoms. The average Bonchev–Trinajstić information content (AvgIpc) is 2.36. The summed E-state index contributed by atoms with van der Waals surface area (Å²) in [6.45, 7) is 10.2. The predicted octanol–water partition coefficient (Wildman–Crippen LogP) is 4.91. The van der Waals surface area contributed by atoms with Crippen molar-refractivity contribution in [3.63, 3.8) is 0 Å². The molecule has 0 saturated heterocycles. The van der Waals surface area contributed by atoms with Crippen LogP contribution in [0.3, 0.4) is 0 Å². The monoisotopic (exact) mass is 239 g/mol. The summed E-state index contributed by atoms with van der Waals surface area (Å²) in [5.41, 5.74) is 4.98. The molecule has 1 nitrogen and oxygen atoms in total. The van der Waals surface area contributed by atoms with Crippen molar-refractivity contribution in [3.8, 4) is 0 Å². The van der Waals surface area contributed by atoms with Crippen LogP contribution >= 0.6 is 0 Å². The number of benzene rings is 1. The summed E-state index contributed by atoms with van der Waals surface area (Å²) >= 11 is 0. The molecule has 1 rings (SSSR count). The zero-order chi connectivity index (χ0) is 13.5. The van der Waals surface area contributed by atoms with Gasteiger partial charge in [0.1, 0.15) is 0 Å². The molecule has 0 unspecified atom stereocenters. The van der Waals surface area contributed by atoms with Crippen LogP contribution in [0.25, 0.3) is 0 Å². The van der Waals surface area contributed by atoms with E-state index in [4.69, 9.17) is 5.41 Å². The smallest absolute Gasteiger partial charge is 0.0429 e. The molecule has 18 heavy (non-hydrogen) atoms. The molecule has 1 N–H and O–H groups in total. The quantitative estimate of drug-likeness (QED) is 0.557. The van der Waals surface area contributed by atoms with E-state index in [2.05, 4.69) is 32.6 Å². The van der Waals surface area contributed by atoms with Gasteiger partial charge in [-0.1, -0.05) is 54.6 Å². The zero-order valence-corrected chi connectivity index (χ0v) is 11.5. The lowest BCUT2D eigenvalue weighted by molar-refractivity contribution is 1.23. The Bertz CT molecular complexity index is 486. The van der Waals surface area contributed by atoms with Gasteiger partial charge in [-0.3, -0.25) is 0 Å². The van der Waals surface area contributed by atoms with Gasteiger partial charge in [-0.15, -0.1) is 0 Å². The van der Waals surface area contributed by atoms with Gasteiger partial charge < -0.3 is 5.41 Å². The van der Waals surface area contributed by atoms with Crippen molar-refractivity contribution in [2.24, 2.45) is 0 Å². The molecule has 0 saturated carbocycles. The number of allylic oxidation sites excluding steroid dienone is 5. The van der Waals surface area contributed by atoms with Crippen molar-refractivity contribution in [2.75, 3.05) is 0 Å². The summed E-state index contributed by atoms with van der Waals surface area (Å²) in [6.07, 6.45) is 4.74. The first-order valence-corrected chi connectivity index (χ1v) is 6.13. The van der Waals surface area contributed by atoms with Crippen LogP contribution in [0, 0.1) is 5.41 Å². The highest BCUT2D eigenvalue weighted by molar-refractivity contribution is 5.99. The maximum absolute atomic E-state index is 8.07. The highest BCUT2D eigenvalue weighted by Crippen LogP contribution is 2.15. The molecule has 0 aliphatic rings. The second-order valence-electron chi connectivity index (χ2n) is 4.72. The lowest BCUT2D eigenvalue weighted by atomic mass is 9.98. The third-order valence-electron chi connectivity index (χ3n) is 2.74. The van der Waals surface area contributed by atoms with Crippen LogP contribution in [0.15, 0.2) is 65.8 Å². The highest BCUT2D eigenvalue weighted by Gasteiger charge is 2.04. The Labute approximate surface area is 110 Å². The van der Waals surface area contributed by atoms with Gasteiger partial charge in [-0.25, -0.2) is 0 Å². The summed E-state index contributed by atoms with van der Waals surface area (Å²) < 4.78 is 0. The molecular formula is C17H21N. The Balaban J connectivity index is 2.69. The topological polar surface area (TPSA) is 23.9 Å². The third-order valence-corrected chi connectivity index (χ3v) is 2.74. The van der Waals surface area contributed by atoms with Gasteiger partial charge in [-0.2, -0.15) is 0 Å². The number of nitrogens with one attached hydrogen (secondary N) is 1. The highest BCUT2D eigenvalue weighted by atomic mass is 14.4. The zero-order valence-electron chi connectivity index (χ0n) is 11.5. The van der Waals surface area contributed by atoms with Gasteiger partial charge in [-0.05, 0) is 37.5 Å². The molecule has 0 heterocycles. The van der Waals surface area contributed by atoms with E-state index in [0.717, 1.165) is 16.7 Å². The molecule has 1 aromatic rings. The second-order valence-corrected chi connectivity index (χ2v) is 4.72. The van der Waals surface area contributed by atoms with Crippen molar-refractivity contribution in [1.29, 1.82) is 5.41 Å². The lowest BCUT2D eigenvalue weighted by Crippen LogP contribution is -2.00. The van der Waals surface area contributed by atoms with Crippen LogP contribution in [0.2, 0.25) is 0 Å². The fourth-order valence-electron chi connectivity index (χ4n) is 1.50. The molecule has 0 aromatic heterocycles. The minimum absolute atomic E-state index is 0.600. The summed E-state index contributed by atoms with van der Waals surface area (Å²) in [4.78, 5) is 0. The van der Waals surface area contributed by atoms with Crippen molar-refractivity contribution >= 4 is 5.71 Å². The largest absolute Gasteiger partial charge is 0.304 e. The first-order valence-electron chi connectivity index (χ1n) is 6.13. The van der Waals surface area contributed by atoms with Crippen LogP contribution in [-0.2, 0) is 0 Å². The maximum atomic E-state index is 8.07. The van der Waals surface area contributed by atoms with Crippen LogP contribution in [0.5, 0.6) is 0 Å². The van der Waals surface area contributed by atoms with E-state index in [1.165, 1.54) is 5.57 Å². The Morgan fingerprint density at radius 2 is 1.72 bits per heavy atom. The first kappa shape index (κ1) is 14.2. The second kappa shape index (κ2) is 6.75. The summed E-state index contributed by atoms with van der Waals surface area (Å²) in [5, 5.41) is 8.07. The minimum atomic E-state index is 0.600. The van der Waals surface area contributed by atoms with Crippen molar-refractivity contribution in [3.05, 3.63) is 71.3 Å². The standard InChI is InChI=1S/C17H21N/c1-13(2)10-11-14(3)15(4)12-17(18)16-8-6-5-7-9-16/h5-11,18H,4,12H2,1-3H3/b14-11+,18-17?. The first-order chi connectivity index (χ1) is 8.50.